The van der Waals surface area contributed by atoms with Crippen molar-refractivity contribution >= 4 is 0 Å². The standard InChI is InChI=1S/C14H25N3O/c1-2-18-14-6-9-17(10-7-14)8-5-13(11-15)16-12-3-4-12/h12-14,16H,2-10H2,1H3. The van der Waals surface area contributed by atoms with Crippen LogP contribution in [0.1, 0.15) is 39.0 Å². The molecule has 0 spiro atoms. The van der Waals surface area contributed by atoms with E-state index in [1.165, 1.54) is 12.8 Å². The Kier molecular flexibility index (Phi) is 5.43. The van der Waals surface area contributed by atoms with E-state index in [4.69, 9.17) is 10.00 Å². The number of ether oxygens (including phenoxy) is 1. The highest BCUT2D eigenvalue weighted by Crippen LogP contribution is 2.20. The van der Waals surface area contributed by atoms with Crippen molar-refractivity contribution in [2.24, 2.45) is 0 Å². The van der Waals surface area contributed by atoms with Gasteiger partial charge in [0.25, 0.3) is 0 Å². The molecule has 4 heteroatoms. The minimum atomic E-state index is 0.0436. The van der Waals surface area contributed by atoms with Crippen molar-refractivity contribution in [2.75, 3.05) is 26.2 Å². The van der Waals surface area contributed by atoms with Crippen molar-refractivity contribution < 1.29 is 4.74 Å². The minimum Gasteiger partial charge on any atom is -0.378 e. The fourth-order valence-corrected chi connectivity index (χ4v) is 2.57. The number of nitrogens with zero attached hydrogens (tertiary/aromatic N) is 2. The lowest BCUT2D eigenvalue weighted by Crippen LogP contribution is -2.40. The van der Waals surface area contributed by atoms with Gasteiger partial charge in [-0.15, -0.1) is 0 Å². The summed E-state index contributed by atoms with van der Waals surface area (Å²) in [6.07, 6.45) is 6.19. The van der Waals surface area contributed by atoms with Gasteiger partial charge in [-0.3, -0.25) is 5.32 Å². The van der Waals surface area contributed by atoms with E-state index in [9.17, 15) is 0 Å². The van der Waals surface area contributed by atoms with E-state index in [0.29, 0.717) is 12.1 Å². The van der Waals surface area contributed by atoms with Crippen LogP contribution in [0.15, 0.2) is 0 Å². The molecule has 1 N–H and O–H groups in total. The summed E-state index contributed by atoms with van der Waals surface area (Å²) in [5, 5.41) is 12.5. The molecule has 18 heavy (non-hydrogen) atoms. The van der Waals surface area contributed by atoms with Crippen molar-refractivity contribution in [2.45, 2.75) is 57.2 Å². The summed E-state index contributed by atoms with van der Waals surface area (Å²) >= 11 is 0. The van der Waals surface area contributed by atoms with Crippen molar-refractivity contribution in [1.82, 2.24) is 10.2 Å². The van der Waals surface area contributed by atoms with Gasteiger partial charge < -0.3 is 9.64 Å². The van der Waals surface area contributed by atoms with Crippen LogP contribution in [-0.4, -0.2) is 49.3 Å². The van der Waals surface area contributed by atoms with E-state index in [0.717, 1.165) is 45.5 Å². The number of nitrogens with one attached hydrogen (secondary N) is 1. The maximum absolute atomic E-state index is 9.09. The highest BCUT2D eigenvalue weighted by molar-refractivity contribution is 4.96. The lowest BCUT2D eigenvalue weighted by Gasteiger charge is -2.32. The van der Waals surface area contributed by atoms with Crippen LogP contribution in [0.25, 0.3) is 0 Å². The Morgan fingerprint density at radius 2 is 2.06 bits per heavy atom. The van der Waals surface area contributed by atoms with Crippen LogP contribution in [-0.2, 0) is 4.74 Å². The topological polar surface area (TPSA) is 48.3 Å². The molecule has 1 saturated carbocycles. The van der Waals surface area contributed by atoms with Gasteiger partial charge in [0.1, 0.15) is 0 Å². The molecule has 2 rings (SSSR count). The Balaban J connectivity index is 1.60. The Hall–Kier alpha value is -0.630. The predicted molar refractivity (Wildman–Crippen MR) is 71.3 cm³/mol. The third-order valence-electron chi connectivity index (χ3n) is 3.84. The van der Waals surface area contributed by atoms with E-state index in [1.54, 1.807) is 0 Å². The van der Waals surface area contributed by atoms with E-state index in [2.05, 4.69) is 23.2 Å². The Morgan fingerprint density at radius 3 is 2.61 bits per heavy atom. The molecule has 1 aliphatic carbocycles. The second kappa shape index (κ2) is 7.08. The monoisotopic (exact) mass is 251 g/mol. The zero-order valence-corrected chi connectivity index (χ0v) is 11.4. The Morgan fingerprint density at radius 1 is 1.33 bits per heavy atom. The number of rotatable bonds is 7. The second-order valence-electron chi connectivity index (χ2n) is 5.41. The zero-order chi connectivity index (χ0) is 12.8. The fourth-order valence-electron chi connectivity index (χ4n) is 2.57. The van der Waals surface area contributed by atoms with Gasteiger partial charge in [0.15, 0.2) is 0 Å². The van der Waals surface area contributed by atoms with E-state index >= 15 is 0 Å². The zero-order valence-electron chi connectivity index (χ0n) is 11.4. The Labute approximate surface area is 110 Å². The van der Waals surface area contributed by atoms with Crippen molar-refractivity contribution in [1.29, 1.82) is 5.26 Å². The number of hydrogen-bond acceptors (Lipinski definition) is 4. The third kappa shape index (κ3) is 4.56. The minimum absolute atomic E-state index is 0.0436. The van der Waals surface area contributed by atoms with Gasteiger partial charge >= 0.3 is 0 Å². The van der Waals surface area contributed by atoms with Crippen LogP contribution in [0.4, 0.5) is 0 Å². The normalized spacial score (nSPS) is 23.8. The number of likely N-dealkylation sites (tertiary alicyclic amines) is 1. The smallest absolute Gasteiger partial charge is 0.0967 e. The molecule has 0 radical (unpaired) electrons. The molecule has 2 fully saturated rings. The number of hydrogen-bond donors (Lipinski definition) is 1. The first-order chi connectivity index (χ1) is 8.81. The molecule has 0 aromatic heterocycles. The van der Waals surface area contributed by atoms with E-state index in [1.807, 2.05) is 0 Å². The summed E-state index contributed by atoms with van der Waals surface area (Å²) in [6.45, 7) is 6.16. The maximum atomic E-state index is 9.09. The highest BCUT2D eigenvalue weighted by Gasteiger charge is 2.25. The van der Waals surface area contributed by atoms with Crippen LogP contribution < -0.4 is 5.32 Å². The molecule has 0 amide bonds. The van der Waals surface area contributed by atoms with Gasteiger partial charge in [-0.2, -0.15) is 5.26 Å². The van der Waals surface area contributed by atoms with Crippen LogP contribution in [0.2, 0.25) is 0 Å². The quantitative estimate of drug-likeness (QED) is 0.745. The van der Waals surface area contributed by atoms with Gasteiger partial charge in [0.05, 0.1) is 18.2 Å². The van der Waals surface area contributed by atoms with Crippen LogP contribution >= 0.6 is 0 Å². The summed E-state index contributed by atoms with van der Waals surface area (Å²) in [4.78, 5) is 2.47. The molecule has 0 bridgehead atoms. The molecule has 1 saturated heterocycles. The van der Waals surface area contributed by atoms with Gasteiger partial charge in [-0.25, -0.2) is 0 Å². The largest absolute Gasteiger partial charge is 0.378 e. The fraction of sp³-hybridized carbons (Fsp3) is 0.929. The molecule has 102 valence electrons. The van der Waals surface area contributed by atoms with Gasteiger partial charge in [0.2, 0.25) is 0 Å². The molecule has 1 unspecified atom stereocenters. The summed E-state index contributed by atoms with van der Waals surface area (Å²) in [5.41, 5.74) is 0. The average molecular weight is 251 g/mol. The lowest BCUT2D eigenvalue weighted by molar-refractivity contribution is 0.0138. The summed E-state index contributed by atoms with van der Waals surface area (Å²) in [5.74, 6) is 0. The van der Waals surface area contributed by atoms with Gasteiger partial charge in [-0.05, 0) is 39.0 Å². The molecule has 0 aromatic rings. The Bertz CT molecular complexity index is 277. The van der Waals surface area contributed by atoms with Crippen LogP contribution in [0.5, 0.6) is 0 Å². The van der Waals surface area contributed by atoms with Crippen molar-refractivity contribution in [3.8, 4) is 6.07 Å². The van der Waals surface area contributed by atoms with Crippen LogP contribution in [0, 0.1) is 11.3 Å². The molecular formula is C14H25N3O. The lowest BCUT2D eigenvalue weighted by atomic mass is 10.1. The molecular weight excluding hydrogens is 226 g/mol. The first-order valence-electron chi connectivity index (χ1n) is 7.31. The van der Waals surface area contributed by atoms with Gasteiger partial charge in [-0.1, -0.05) is 0 Å². The highest BCUT2D eigenvalue weighted by atomic mass is 16.5. The SMILES string of the molecule is CCOC1CCN(CCC(C#N)NC2CC2)CC1. The van der Waals surface area contributed by atoms with Crippen LogP contribution in [0.3, 0.4) is 0 Å². The van der Waals surface area contributed by atoms with Crippen molar-refractivity contribution in [3.05, 3.63) is 0 Å². The first kappa shape index (κ1) is 13.8. The summed E-state index contributed by atoms with van der Waals surface area (Å²) in [6, 6.07) is 3.05. The molecule has 4 nitrogen and oxygen atoms in total. The first-order valence-corrected chi connectivity index (χ1v) is 7.31. The predicted octanol–water partition coefficient (Wildman–Crippen LogP) is 1.52. The molecule has 1 aliphatic heterocycles. The van der Waals surface area contributed by atoms with Gasteiger partial charge in [0, 0.05) is 32.3 Å². The van der Waals surface area contributed by atoms with Crippen molar-refractivity contribution in [3.63, 3.8) is 0 Å². The molecule has 2 aliphatic rings. The molecule has 1 heterocycles. The number of nitriles is 1. The molecule has 0 aromatic carbocycles. The molecule has 1 atom stereocenters. The average Bonchev–Trinajstić information content (AvgIpc) is 3.20. The maximum Gasteiger partial charge on any atom is 0.0967 e. The number of piperidine rings is 1. The second-order valence-corrected chi connectivity index (χ2v) is 5.41. The summed E-state index contributed by atoms with van der Waals surface area (Å²) in [7, 11) is 0. The summed E-state index contributed by atoms with van der Waals surface area (Å²) < 4.78 is 5.65. The van der Waals surface area contributed by atoms with E-state index in [-0.39, 0.29) is 6.04 Å². The van der Waals surface area contributed by atoms with E-state index < -0.39 is 0 Å². The third-order valence-corrected chi connectivity index (χ3v) is 3.84.